The van der Waals surface area contributed by atoms with Crippen molar-refractivity contribution >= 4 is 11.3 Å². The van der Waals surface area contributed by atoms with Crippen molar-refractivity contribution in [3.05, 3.63) is 111 Å². The van der Waals surface area contributed by atoms with Crippen molar-refractivity contribution in [2.24, 2.45) is 0 Å². The molecule has 0 aliphatic rings. The van der Waals surface area contributed by atoms with Gasteiger partial charge in [-0.1, -0.05) is 67.6 Å². The molecule has 0 bridgehead atoms. The molecule has 0 radical (unpaired) electrons. The molecule has 0 aliphatic heterocycles. The molecule has 10 heteroatoms. The Kier molecular flexibility index (Phi) is 6.28. The van der Waals surface area contributed by atoms with E-state index in [4.69, 9.17) is 6.57 Å². The van der Waals surface area contributed by atoms with Crippen LogP contribution in [-0.4, -0.2) is 24.4 Å². The zero-order valence-corrected chi connectivity index (χ0v) is 20.5. The Morgan fingerprint density at radius 1 is 0.921 bits per heavy atom. The normalized spacial score (nSPS) is 11.6. The molecular weight excluding hydrogens is 493 g/mol. The number of pyridine rings is 1. The maximum atomic E-state index is 14.2. The molecule has 5 aromatic rings. The fourth-order valence-corrected chi connectivity index (χ4v) is 4.45. The summed E-state index contributed by atoms with van der Waals surface area (Å²) < 4.78 is 42.7. The third-order valence-corrected chi connectivity index (χ3v) is 6.34. The lowest BCUT2D eigenvalue weighted by Gasteiger charge is -2.18. The van der Waals surface area contributed by atoms with Crippen LogP contribution in [0.2, 0.25) is 0 Å². The van der Waals surface area contributed by atoms with Gasteiger partial charge in [0.1, 0.15) is 5.69 Å². The molecule has 0 fully saturated rings. The molecule has 38 heavy (non-hydrogen) atoms. The van der Waals surface area contributed by atoms with E-state index in [1.54, 1.807) is 28.8 Å². The highest BCUT2D eigenvalue weighted by Gasteiger charge is 2.33. The number of alkyl halides is 3. The van der Waals surface area contributed by atoms with Gasteiger partial charge in [0.2, 0.25) is 0 Å². The first kappa shape index (κ1) is 24.9. The first-order valence-corrected chi connectivity index (χ1v) is 11.8. The van der Waals surface area contributed by atoms with Crippen molar-refractivity contribution in [3.8, 4) is 22.3 Å². The van der Waals surface area contributed by atoms with Crippen LogP contribution >= 0.6 is 0 Å². The largest absolute Gasteiger partial charge is 0.433 e. The van der Waals surface area contributed by atoms with Crippen LogP contribution in [-0.2, 0) is 19.1 Å². The highest BCUT2D eigenvalue weighted by molar-refractivity contribution is 5.91. The van der Waals surface area contributed by atoms with E-state index in [-0.39, 0.29) is 17.8 Å². The number of rotatable bonds is 5. The number of hydrogen-bond acceptors (Lipinski definition) is 4. The predicted molar refractivity (Wildman–Crippen MR) is 137 cm³/mol. The van der Waals surface area contributed by atoms with Gasteiger partial charge in [0.05, 0.1) is 18.7 Å². The lowest BCUT2D eigenvalue weighted by molar-refractivity contribution is -0.141. The Bertz CT molecular complexity index is 1750. The summed E-state index contributed by atoms with van der Waals surface area (Å²) in [5.74, 6) is 0.522. The second kappa shape index (κ2) is 9.59. The molecule has 0 saturated heterocycles. The number of aryl methyl sites for hydroxylation is 2. The zero-order valence-electron chi connectivity index (χ0n) is 20.5. The van der Waals surface area contributed by atoms with Crippen LogP contribution in [0.3, 0.4) is 0 Å². The molecule has 0 aliphatic carbocycles. The maximum Gasteiger partial charge on any atom is 0.433 e. The van der Waals surface area contributed by atoms with Gasteiger partial charge in [-0.3, -0.25) is 4.79 Å². The molecule has 0 spiro atoms. The van der Waals surface area contributed by atoms with E-state index in [2.05, 4.69) is 20.0 Å². The number of nitrogens with zero attached hydrogens (tertiary/aromatic N) is 6. The van der Waals surface area contributed by atoms with E-state index in [0.717, 1.165) is 6.07 Å². The van der Waals surface area contributed by atoms with E-state index in [0.29, 0.717) is 51.4 Å². The quantitative estimate of drug-likeness (QED) is 0.266. The summed E-state index contributed by atoms with van der Waals surface area (Å²) in [5, 5.41) is 8.76. The highest BCUT2D eigenvalue weighted by atomic mass is 19.4. The minimum atomic E-state index is -4.57. The smallest absolute Gasteiger partial charge is 0.267 e. The van der Waals surface area contributed by atoms with E-state index in [9.17, 15) is 18.0 Å². The van der Waals surface area contributed by atoms with Crippen molar-refractivity contribution in [3.63, 3.8) is 0 Å². The summed E-state index contributed by atoms with van der Waals surface area (Å²) in [5.41, 5.74) is 2.45. The van der Waals surface area contributed by atoms with Gasteiger partial charge in [0.15, 0.2) is 17.2 Å². The molecule has 7 nitrogen and oxygen atoms in total. The van der Waals surface area contributed by atoms with Crippen molar-refractivity contribution < 1.29 is 13.2 Å². The second-order valence-corrected chi connectivity index (χ2v) is 8.68. The molecule has 5 rings (SSSR count). The van der Waals surface area contributed by atoms with Crippen LogP contribution in [0.5, 0.6) is 0 Å². The minimum absolute atomic E-state index is 0.0336. The molecule has 0 unspecified atom stereocenters. The Balaban J connectivity index is 1.82. The van der Waals surface area contributed by atoms with Crippen LogP contribution in [0.25, 0.3) is 32.7 Å². The summed E-state index contributed by atoms with van der Waals surface area (Å²) in [6.07, 6.45) is -4.10. The van der Waals surface area contributed by atoms with Crippen LogP contribution in [0.1, 0.15) is 29.7 Å². The molecule has 190 valence electrons. The number of halogens is 3. The molecular formula is C28H21F3N6O. The SMILES string of the molecule is [C-]#[N+]c1ccc(-c2c(-c3ccccc3)c(=O)n(Cc3ccc(C(F)(F)F)nc3C)n3c(CC)nnc23)cc1. The molecule has 3 aromatic heterocycles. The van der Waals surface area contributed by atoms with E-state index in [1.807, 2.05) is 37.3 Å². The van der Waals surface area contributed by atoms with Gasteiger partial charge in [-0.2, -0.15) is 13.2 Å². The fraction of sp³-hybridized carbons (Fsp3) is 0.179. The number of hydrogen-bond donors (Lipinski definition) is 0. The fourth-order valence-electron chi connectivity index (χ4n) is 4.45. The predicted octanol–water partition coefficient (Wildman–Crippen LogP) is 6.11. The van der Waals surface area contributed by atoms with Crippen molar-refractivity contribution in [2.75, 3.05) is 0 Å². The minimum Gasteiger partial charge on any atom is -0.267 e. The van der Waals surface area contributed by atoms with Crippen molar-refractivity contribution in [1.29, 1.82) is 0 Å². The summed E-state index contributed by atoms with van der Waals surface area (Å²) in [6, 6.07) is 18.3. The van der Waals surface area contributed by atoms with Crippen molar-refractivity contribution in [1.82, 2.24) is 24.4 Å². The number of aromatic nitrogens is 5. The lowest BCUT2D eigenvalue weighted by atomic mass is 9.96. The summed E-state index contributed by atoms with van der Waals surface area (Å²) in [4.78, 5) is 21.4. The van der Waals surface area contributed by atoms with E-state index < -0.39 is 11.9 Å². The second-order valence-electron chi connectivity index (χ2n) is 8.68. The molecule has 0 amide bonds. The van der Waals surface area contributed by atoms with Gasteiger partial charge in [0, 0.05) is 17.7 Å². The third kappa shape index (κ3) is 4.32. The van der Waals surface area contributed by atoms with Gasteiger partial charge in [0.25, 0.3) is 5.56 Å². The topological polar surface area (TPSA) is 69.4 Å². The lowest BCUT2D eigenvalue weighted by Crippen LogP contribution is -2.30. The number of fused-ring (bicyclic) bond motifs is 1. The summed E-state index contributed by atoms with van der Waals surface area (Å²) in [7, 11) is 0. The molecule has 2 aromatic carbocycles. The molecule has 3 heterocycles. The van der Waals surface area contributed by atoms with E-state index in [1.165, 1.54) is 17.7 Å². The Hall–Kier alpha value is -4.78. The molecule has 0 atom stereocenters. The van der Waals surface area contributed by atoms with Gasteiger partial charge in [-0.05, 0) is 29.7 Å². The summed E-state index contributed by atoms with van der Waals surface area (Å²) >= 11 is 0. The molecule has 0 saturated carbocycles. The number of benzene rings is 2. The van der Waals surface area contributed by atoms with Gasteiger partial charge in [-0.15, -0.1) is 10.2 Å². The van der Waals surface area contributed by atoms with Gasteiger partial charge in [-0.25, -0.2) is 19.0 Å². The first-order valence-electron chi connectivity index (χ1n) is 11.8. The van der Waals surface area contributed by atoms with Crippen molar-refractivity contribution in [2.45, 2.75) is 33.0 Å². The zero-order chi connectivity index (χ0) is 27.0. The van der Waals surface area contributed by atoms with Crippen LogP contribution in [0, 0.1) is 13.5 Å². The average Bonchev–Trinajstić information content (AvgIpc) is 3.34. The first-order chi connectivity index (χ1) is 18.2. The van der Waals surface area contributed by atoms with Gasteiger partial charge < -0.3 is 0 Å². The average molecular weight is 515 g/mol. The monoisotopic (exact) mass is 514 g/mol. The molecule has 0 N–H and O–H groups in total. The van der Waals surface area contributed by atoms with Crippen LogP contribution in [0.15, 0.2) is 71.5 Å². The summed E-state index contributed by atoms with van der Waals surface area (Å²) in [6.45, 7) is 10.6. The highest BCUT2D eigenvalue weighted by Crippen LogP contribution is 2.34. The standard InChI is InChI=1S/C28H21F3N6O/c1-4-23-34-35-26-24(19-10-13-21(32-3)14-11-19)25(18-8-6-5-7-9-18)27(38)36(37(23)26)16-20-12-15-22(28(29,30)31)33-17(20)2/h5-15H,4,16H2,1-2H3. The Labute approximate surface area is 215 Å². The van der Waals surface area contributed by atoms with Crippen LogP contribution in [0.4, 0.5) is 18.9 Å². The third-order valence-electron chi connectivity index (χ3n) is 6.34. The Morgan fingerprint density at radius 2 is 1.61 bits per heavy atom. The van der Waals surface area contributed by atoms with Gasteiger partial charge >= 0.3 is 6.18 Å². The Morgan fingerprint density at radius 3 is 2.21 bits per heavy atom. The maximum absolute atomic E-state index is 14.2. The van der Waals surface area contributed by atoms with E-state index >= 15 is 0 Å². The van der Waals surface area contributed by atoms with Crippen LogP contribution < -0.4 is 5.56 Å².